The highest BCUT2D eigenvalue weighted by Crippen LogP contribution is 2.31. The van der Waals surface area contributed by atoms with Crippen molar-refractivity contribution in [3.63, 3.8) is 0 Å². The van der Waals surface area contributed by atoms with Crippen molar-refractivity contribution in [2.45, 2.75) is 57.9 Å². The number of pyridine rings is 1. The lowest BCUT2D eigenvalue weighted by Gasteiger charge is -2.14. The van der Waals surface area contributed by atoms with Crippen molar-refractivity contribution in [3.05, 3.63) is 40.4 Å². The van der Waals surface area contributed by atoms with Crippen molar-refractivity contribution < 1.29 is 4.79 Å². The van der Waals surface area contributed by atoms with Crippen LogP contribution in [0.5, 0.6) is 0 Å². The maximum atomic E-state index is 13.0. The first-order valence-corrected chi connectivity index (χ1v) is 12.1. The Balaban J connectivity index is 1.61. The summed E-state index contributed by atoms with van der Waals surface area (Å²) in [6, 6.07) is 8.30. The molecular formula is C22H26N6OS2. The summed E-state index contributed by atoms with van der Waals surface area (Å²) < 4.78 is 2.06. The highest BCUT2D eigenvalue weighted by molar-refractivity contribution is 8.00. The molecule has 0 aliphatic heterocycles. The van der Waals surface area contributed by atoms with Gasteiger partial charge < -0.3 is 0 Å². The Kier molecular flexibility index (Phi) is 6.24. The minimum atomic E-state index is -0.315. The molecule has 1 N–H and O–H groups in total. The molecule has 0 radical (unpaired) electrons. The fraction of sp³-hybridized carbons (Fsp3) is 0.409. The molecule has 0 bridgehead atoms. The number of thioether (sulfide) groups is 1. The number of nitrogens with zero attached hydrogens (tertiary/aromatic N) is 5. The molecule has 0 spiro atoms. The maximum Gasteiger partial charge on any atom is 0.239 e. The third-order valence-corrected chi connectivity index (χ3v) is 7.25. The summed E-state index contributed by atoms with van der Waals surface area (Å²) in [4.78, 5) is 13.0. The second-order valence-corrected chi connectivity index (χ2v) is 10.3. The number of fused-ring (bicyclic) bond motifs is 3. The average Bonchev–Trinajstić information content (AvgIpc) is 3.32. The van der Waals surface area contributed by atoms with E-state index in [4.69, 9.17) is 0 Å². The molecule has 1 amide bonds. The van der Waals surface area contributed by atoms with Crippen molar-refractivity contribution >= 4 is 50.7 Å². The van der Waals surface area contributed by atoms with Gasteiger partial charge in [0.05, 0.1) is 10.8 Å². The lowest BCUT2D eigenvalue weighted by molar-refractivity contribution is -0.115. The maximum absolute atomic E-state index is 13.0. The van der Waals surface area contributed by atoms with Crippen molar-refractivity contribution in [1.29, 1.82) is 0 Å². The summed E-state index contributed by atoms with van der Waals surface area (Å²) in [6.45, 7) is 10.4. The Hall–Kier alpha value is -2.52. The largest absolute Gasteiger partial charge is 0.300 e. The van der Waals surface area contributed by atoms with Crippen molar-refractivity contribution in [1.82, 2.24) is 24.8 Å². The van der Waals surface area contributed by atoms with E-state index < -0.39 is 0 Å². The Morgan fingerprint density at radius 1 is 1.16 bits per heavy atom. The van der Waals surface area contributed by atoms with Gasteiger partial charge in [0, 0.05) is 11.8 Å². The van der Waals surface area contributed by atoms with Crippen LogP contribution in [0.25, 0.3) is 16.6 Å². The van der Waals surface area contributed by atoms with E-state index in [9.17, 15) is 4.79 Å². The first-order chi connectivity index (χ1) is 14.9. The molecule has 1 aromatic carbocycles. The molecule has 3 aromatic heterocycles. The molecule has 9 heteroatoms. The molecule has 4 aromatic rings. The van der Waals surface area contributed by atoms with E-state index in [1.54, 1.807) is 0 Å². The van der Waals surface area contributed by atoms with Gasteiger partial charge in [-0.15, -0.1) is 20.4 Å². The van der Waals surface area contributed by atoms with Gasteiger partial charge in [-0.25, -0.2) is 0 Å². The van der Waals surface area contributed by atoms with Gasteiger partial charge in [0.15, 0.2) is 10.8 Å². The topological polar surface area (TPSA) is 85.1 Å². The zero-order valence-corrected chi connectivity index (χ0v) is 20.0. The second kappa shape index (κ2) is 8.92. The number of rotatable bonds is 7. The number of benzene rings is 1. The number of anilines is 1. The minimum Gasteiger partial charge on any atom is -0.300 e. The van der Waals surface area contributed by atoms with Gasteiger partial charge in [-0.05, 0) is 43.4 Å². The Labute approximate surface area is 189 Å². The van der Waals surface area contributed by atoms with Crippen LogP contribution < -0.4 is 5.32 Å². The molecular weight excluding hydrogens is 428 g/mol. The van der Waals surface area contributed by atoms with Crippen LogP contribution in [0.4, 0.5) is 5.13 Å². The summed E-state index contributed by atoms with van der Waals surface area (Å²) in [5, 5.41) is 23.1. The molecule has 0 saturated heterocycles. The Morgan fingerprint density at radius 2 is 1.97 bits per heavy atom. The van der Waals surface area contributed by atoms with Crippen LogP contribution >= 0.6 is 23.1 Å². The van der Waals surface area contributed by atoms with E-state index in [2.05, 4.69) is 76.0 Å². The smallest absolute Gasteiger partial charge is 0.239 e. The van der Waals surface area contributed by atoms with Gasteiger partial charge in [0.1, 0.15) is 5.01 Å². The predicted octanol–water partition coefficient (Wildman–Crippen LogP) is 5.06. The zero-order valence-electron chi connectivity index (χ0n) is 18.3. The number of amides is 1. The Morgan fingerprint density at radius 3 is 2.71 bits per heavy atom. The number of hydrogen-bond acceptors (Lipinski definition) is 7. The van der Waals surface area contributed by atoms with Gasteiger partial charge in [-0.2, -0.15) is 0 Å². The van der Waals surface area contributed by atoms with E-state index in [1.807, 2.05) is 13.0 Å². The first kappa shape index (κ1) is 21.7. The number of hydrogen-bond donors (Lipinski definition) is 1. The van der Waals surface area contributed by atoms with Crippen molar-refractivity contribution in [2.24, 2.45) is 5.92 Å². The van der Waals surface area contributed by atoms with Crippen LogP contribution in [0, 0.1) is 19.8 Å². The van der Waals surface area contributed by atoms with E-state index >= 15 is 0 Å². The molecule has 1 unspecified atom stereocenters. The first-order valence-electron chi connectivity index (χ1n) is 10.4. The number of aryl methyl sites for hydroxylation is 2. The van der Waals surface area contributed by atoms with Crippen molar-refractivity contribution in [2.75, 3.05) is 5.32 Å². The van der Waals surface area contributed by atoms with Gasteiger partial charge in [0.2, 0.25) is 11.0 Å². The van der Waals surface area contributed by atoms with E-state index in [0.717, 1.165) is 39.1 Å². The molecule has 1 atom stereocenters. The van der Waals surface area contributed by atoms with E-state index in [-0.39, 0.29) is 11.2 Å². The number of carbonyl (C=O) groups excluding carboxylic acids is 1. The standard InChI is InChI=1S/C22H26N6OS2/c1-6-16(20(29)23-21-26-25-18(31-21)10-12(2)3)30-22-27-24-17-11-14(5)15-9-7-8-13(4)19(15)28(17)22/h7-9,11-12,16H,6,10H2,1-5H3,(H,23,26,29). The molecule has 0 aliphatic rings. The fourth-order valence-electron chi connectivity index (χ4n) is 3.58. The molecule has 7 nitrogen and oxygen atoms in total. The van der Waals surface area contributed by atoms with Gasteiger partial charge >= 0.3 is 0 Å². The summed E-state index contributed by atoms with van der Waals surface area (Å²) >= 11 is 2.87. The highest BCUT2D eigenvalue weighted by Gasteiger charge is 2.23. The number of aromatic nitrogens is 5. The summed E-state index contributed by atoms with van der Waals surface area (Å²) in [6.07, 6.45) is 1.52. The van der Waals surface area contributed by atoms with Crippen LogP contribution in [-0.4, -0.2) is 36.0 Å². The highest BCUT2D eigenvalue weighted by atomic mass is 32.2. The third kappa shape index (κ3) is 4.43. The van der Waals surface area contributed by atoms with Crippen LogP contribution in [0.2, 0.25) is 0 Å². The molecule has 162 valence electrons. The van der Waals surface area contributed by atoms with Crippen molar-refractivity contribution in [3.8, 4) is 0 Å². The van der Waals surface area contributed by atoms with E-state index in [1.165, 1.54) is 23.1 Å². The summed E-state index contributed by atoms with van der Waals surface area (Å²) in [5.41, 5.74) is 4.19. The number of nitrogens with one attached hydrogen (secondary N) is 1. The van der Waals surface area contributed by atoms with Gasteiger partial charge in [-0.3, -0.25) is 14.5 Å². The molecule has 0 fully saturated rings. The number of carbonyl (C=O) groups is 1. The zero-order chi connectivity index (χ0) is 22.1. The van der Waals surface area contributed by atoms with Crippen LogP contribution in [0.1, 0.15) is 43.3 Å². The summed E-state index contributed by atoms with van der Waals surface area (Å²) in [7, 11) is 0. The monoisotopic (exact) mass is 454 g/mol. The molecule has 4 rings (SSSR count). The van der Waals surface area contributed by atoms with Crippen LogP contribution in [-0.2, 0) is 11.2 Å². The second-order valence-electron chi connectivity index (χ2n) is 8.08. The SMILES string of the molecule is CCC(Sc1nnc2cc(C)c3cccc(C)c3n12)C(=O)Nc1nnc(CC(C)C)s1. The summed E-state index contributed by atoms with van der Waals surface area (Å²) in [5.74, 6) is 0.406. The third-order valence-electron chi connectivity index (χ3n) is 5.08. The number of para-hydroxylation sites is 1. The predicted molar refractivity (Wildman–Crippen MR) is 127 cm³/mol. The lowest BCUT2D eigenvalue weighted by Crippen LogP contribution is -2.24. The van der Waals surface area contributed by atoms with Gasteiger partial charge in [0.25, 0.3) is 0 Å². The lowest BCUT2D eigenvalue weighted by atomic mass is 10.1. The van der Waals surface area contributed by atoms with Crippen LogP contribution in [0.15, 0.2) is 29.4 Å². The quantitative estimate of drug-likeness (QED) is 0.393. The molecule has 0 saturated carbocycles. The average molecular weight is 455 g/mol. The Bertz CT molecular complexity index is 1250. The normalized spacial score (nSPS) is 12.7. The minimum absolute atomic E-state index is 0.0929. The van der Waals surface area contributed by atoms with Crippen LogP contribution in [0.3, 0.4) is 0 Å². The molecule has 31 heavy (non-hydrogen) atoms. The molecule has 0 aliphatic carbocycles. The van der Waals surface area contributed by atoms with Gasteiger partial charge in [-0.1, -0.05) is 62.1 Å². The fourth-order valence-corrected chi connectivity index (χ4v) is 5.50. The van der Waals surface area contributed by atoms with E-state index in [0.29, 0.717) is 22.6 Å². The molecule has 3 heterocycles.